The maximum atomic E-state index is 13.1. The van der Waals surface area contributed by atoms with Gasteiger partial charge in [-0.3, -0.25) is 4.79 Å². The summed E-state index contributed by atoms with van der Waals surface area (Å²) in [5.41, 5.74) is 5.81. The Morgan fingerprint density at radius 3 is 2.47 bits per heavy atom. The summed E-state index contributed by atoms with van der Waals surface area (Å²) in [5.74, 6) is 1.50. The first-order chi connectivity index (χ1) is 17.6. The molecule has 0 bridgehead atoms. The van der Waals surface area contributed by atoms with E-state index in [1.807, 2.05) is 24.3 Å². The van der Waals surface area contributed by atoms with Gasteiger partial charge in [-0.1, -0.05) is 60.2 Å². The van der Waals surface area contributed by atoms with Crippen LogP contribution in [0.4, 0.5) is 0 Å². The molecule has 1 unspecified atom stereocenters. The number of methoxy groups -OCH3 is 1. The molecule has 2 heterocycles. The third-order valence-electron chi connectivity index (χ3n) is 6.62. The van der Waals surface area contributed by atoms with Crippen molar-refractivity contribution >= 4 is 16.8 Å². The van der Waals surface area contributed by atoms with Crippen LogP contribution in [0.5, 0.6) is 5.75 Å². The van der Waals surface area contributed by atoms with Gasteiger partial charge in [0.2, 0.25) is 5.91 Å². The van der Waals surface area contributed by atoms with Crippen LogP contribution in [0.2, 0.25) is 0 Å². The van der Waals surface area contributed by atoms with Crippen molar-refractivity contribution in [3.63, 3.8) is 0 Å². The number of aryl methyl sites for hydroxylation is 1. The van der Waals surface area contributed by atoms with Crippen LogP contribution in [0.1, 0.15) is 40.4 Å². The Morgan fingerprint density at radius 2 is 1.75 bits per heavy atom. The van der Waals surface area contributed by atoms with Gasteiger partial charge in [-0.05, 0) is 53.9 Å². The highest BCUT2D eigenvalue weighted by atomic mass is 16.5. The second-order valence-electron chi connectivity index (χ2n) is 9.10. The minimum absolute atomic E-state index is 0.0102. The summed E-state index contributed by atoms with van der Waals surface area (Å²) in [7, 11) is 1.68. The lowest BCUT2D eigenvalue weighted by molar-refractivity contribution is -0.121. The predicted molar refractivity (Wildman–Crippen MR) is 142 cm³/mol. The Bertz CT molecular complexity index is 1430. The minimum Gasteiger partial charge on any atom is -0.497 e. The largest absolute Gasteiger partial charge is 0.497 e. The number of fused-ring (bicyclic) bond motifs is 1. The van der Waals surface area contributed by atoms with Gasteiger partial charge in [0, 0.05) is 36.0 Å². The molecule has 1 N–H and O–H groups in total. The Kier molecular flexibility index (Phi) is 6.89. The lowest BCUT2D eigenvalue weighted by atomic mass is 9.87. The van der Waals surface area contributed by atoms with Crippen LogP contribution in [-0.2, 0) is 17.9 Å². The maximum Gasteiger partial charge on any atom is 0.221 e. The van der Waals surface area contributed by atoms with Gasteiger partial charge < -0.3 is 19.0 Å². The molecule has 5 heteroatoms. The monoisotopic (exact) mass is 478 g/mol. The number of ether oxygens (including phenoxy) is 1. The van der Waals surface area contributed by atoms with Gasteiger partial charge in [0.15, 0.2) is 0 Å². The molecule has 182 valence electrons. The molecule has 0 aliphatic carbocycles. The number of benzene rings is 3. The summed E-state index contributed by atoms with van der Waals surface area (Å²) in [6.45, 7) is 3.19. The maximum absolute atomic E-state index is 13.1. The Balaban J connectivity index is 1.49. The molecule has 0 spiro atoms. The number of nitrogens with zero attached hydrogens (tertiary/aromatic N) is 1. The van der Waals surface area contributed by atoms with Crippen LogP contribution in [0.3, 0.4) is 0 Å². The number of carbonyl (C=O) groups excluding carboxylic acids is 1. The van der Waals surface area contributed by atoms with E-state index >= 15 is 0 Å². The average molecular weight is 479 g/mol. The van der Waals surface area contributed by atoms with Crippen LogP contribution >= 0.6 is 0 Å². The van der Waals surface area contributed by atoms with Gasteiger partial charge in [-0.15, -0.1) is 0 Å². The quantitative estimate of drug-likeness (QED) is 0.265. The van der Waals surface area contributed by atoms with Gasteiger partial charge in [-0.2, -0.15) is 0 Å². The summed E-state index contributed by atoms with van der Waals surface area (Å²) in [5, 5.41) is 4.18. The minimum atomic E-state index is -0.0794. The zero-order valence-corrected chi connectivity index (χ0v) is 20.6. The molecule has 0 fully saturated rings. The van der Waals surface area contributed by atoms with E-state index in [0.29, 0.717) is 13.0 Å². The highest BCUT2D eigenvalue weighted by molar-refractivity contribution is 5.86. The fourth-order valence-electron chi connectivity index (χ4n) is 4.67. The van der Waals surface area contributed by atoms with Crippen molar-refractivity contribution in [1.82, 2.24) is 9.88 Å². The number of hydrogen-bond acceptors (Lipinski definition) is 3. The fourth-order valence-corrected chi connectivity index (χ4v) is 4.67. The number of nitrogens with one attached hydrogen (secondary N) is 1. The number of aromatic nitrogens is 1. The van der Waals surface area contributed by atoms with E-state index in [4.69, 9.17) is 9.15 Å². The molecular formula is C31H30N2O3. The second-order valence-corrected chi connectivity index (χ2v) is 9.10. The van der Waals surface area contributed by atoms with E-state index in [1.165, 1.54) is 11.1 Å². The number of amides is 1. The first-order valence-corrected chi connectivity index (χ1v) is 12.2. The summed E-state index contributed by atoms with van der Waals surface area (Å²) >= 11 is 0. The van der Waals surface area contributed by atoms with Gasteiger partial charge in [-0.25, -0.2) is 0 Å². The van der Waals surface area contributed by atoms with E-state index in [1.54, 1.807) is 13.4 Å². The molecule has 0 aliphatic heterocycles. The molecule has 0 radical (unpaired) electrons. The van der Waals surface area contributed by atoms with Crippen molar-refractivity contribution < 1.29 is 13.9 Å². The zero-order valence-electron chi connectivity index (χ0n) is 20.6. The number of para-hydroxylation sites is 1. The van der Waals surface area contributed by atoms with Gasteiger partial charge in [0.25, 0.3) is 0 Å². The SMILES string of the molecule is COc1ccc(Cn2cc(C(CC(=O)NCc3ccco3)c3ccc(C)cc3)c3ccccc32)cc1. The van der Waals surface area contributed by atoms with Crippen molar-refractivity contribution in [1.29, 1.82) is 0 Å². The number of rotatable bonds is 9. The van der Waals surface area contributed by atoms with Crippen LogP contribution in [0.15, 0.2) is 102 Å². The number of furan rings is 1. The smallest absolute Gasteiger partial charge is 0.221 e. The standard InChI is InChI=1S/C31H30N2O3/c1-22-9-13-24(14-10-22)28(18-31(34)32-19-26-6-5-17-36-26)29-21-33(30-8-4-3-7-27(29)30)20-23-11-15-25(35-2)16-12-23/h3-17,21,28H,18-20H2,1-2H3,(H,32,34). The molecule has 1 amide bonds. The second kappa shape index (κ2) is 10.6. The Morgan fingerprint density at radius 1 is 0.972 bits per heavy atom. The number of carbonyl (C=O) groups is 1. The third kappa shape index (κ3) is 5.20. The van der Waals surface area contributed by atoms with Crippen LogP contribution in [0, 0.1) is 6.92 Å². The third-order valence-corrected chi connectivity index (χ3v) is 6.62. The molecule has 0 aliphatic rings. The lowest BCUT2D eigenvalue weighted by Crippen LogP contribution is -2.24. The average Bonchev–Trinajstić information content (AvgIpc) is 3.56. The molecule has 3 aromatic carbocycles. The molecule has 5 aromatic rings. The molecule has 1 atom stereocenters. The van der Waals surface area contributed by atoms with E-state index in [2.05, 4.69) is 83.7 Å². The molecule has 2 aromatic heterocycles. The molecule has 5 rings (SSSR count). The normalized spacial score (nSPS) is 11.9. The van der Waals surface area contributed by atoms with Crippen LogP contribution < -0.4 is 10.1 Å². The van der Waals surface area contributed by atoms with Crippen LogP contribution in [-0.4, -0.2) is 17.6 Å². The summed E-state index contributed by atoms with van der Waals surface area (Å²) in [4.78, 5) is 13.1. The first-order valence-electron chi connectivity index (χ1n) is 12.2. The number of hydrogen-bond donors (Lipinski definition) is 1. The van der Waals surface area contributed by atoms with Crippen molar-refractivity contribution in [3.05, 3.63) is 125 Å². The molecule has 36 heavy (non-hydrogen) atoms. The van der Waals surface area contributed by atoms with Crippen molar-refractivity contribution in [2.75, 3.05) is 7.11 Å². The van der Waals surface area contributed by atoms with Gasteiger partial charge >= 0.3 is 0 Å². The van der Waals surface area contributed by atoms with Gasteiger partial charge in [0.1, 0.15) is 11.5 Å². The molecule has 5 nitrogen and oxygen atoms in total. The zero-order chi connectivity index (χ0) is 24.9. The lowest BCUT2D eigenvalue weighted by Gasteiger charge is -2.17. The first kappa shape index (κ1) is 23.5. The fraction of sp³-hybridized carbons (Fsp3) is 0.194. The van der Waals surface area contributed by atoms with E-state index < -0.39 is 0 Å². The molecule has 0 saturated heterocycles. The highest BCUT2D eigenvalue weighted by Gasteiger charge is 2.23. The van der Waals surface area contributed by atoms with Crippen molar-refractivity contribution in [2.45, 2.75) is 32.4 Å². The Hall–Kier alpha value is -4.25. The molecular weight excluding hydrogens is 448 g/mol. The van der Waals surface area contributed by atoms with Crippen molar-refractivity contribution in [3.8, 4) is 5.75 Å². The molecule has 0 saturated carbocycles. The van der Waals surface area contributed by atoms with E-state index in [9.17, 15) is 4.79 Å². The summed E-state index contributed by atoms with van der Waals surface area (Å²) < 4.78 is 13.0. The Labute approximate surface area is 211 Å². The van der Waals surface area contributed by atoms with Crippen molar-refractivity contribution in [2.24, 2.45) is 0 Å². The topological polar surface area (TPSA) is 56.4 Å². The summed E-state index contributed by atoms with van der Waals surface area (Å²) in [6, 6.07) is 28.8. The highest BCUT2D eigenvalue weighted by Crippen LogP contribution is 2.35. The van der Waals surface area contributed by atoms with Gasteiger partial charge in [0.05, 0.1) is 19.9 Å². The summed E-state index contributed by atoms with van der Waals surface area (Å²) in [6.07, 6.45) is 4.17. The predicted octanol–water partition coefficient (Wildman–Crippen LogP) is 6.44. The van der Waals surface area contributed by atoms with E-state index in [-0.39, 0.29) is 11.8 Å². The van der Waals surface area contributed by atoms with Crippen LogP contribution in [0.25, 0.3) is 10.9 Å². The van der Waals surface area contributed by atoms with E-state index in [0.717, 1.165) is 40.1 Å².